The van der Waals surface area contributed by atoms with E-state index < -0.39 is 5.63 Å². The Hall–Kier alpha value is -1.51. The van der Waals surface area contributed by atoms with Crippen molar-refractivity contribution < 1.29 is 9.52 Å². The molecule has 0 saturated carbocycles. The van der Waals surface area contributed by atoms with Gasteiger partial charge in [0.25, 0.3) is 0 Å². The minimum atomic E-state index is -0.464. The number of rotatable bonds is 7. The highest BCUT2D eigenvalue weighted by Crippen LogP contribution is 2.29. The second kappa shape index (κ2) is 8.37. The molecule has 23 heavy (non-hydrogen) atoms. The summed E-state index contributed by atoms with van der Waals surface area (Å²) in [7, 11) is 0. The van der Waals surface area contributed by atoms with E-state index in [1.807, 2.05) is 6.92 Å². The van der Waals surface area contributed by atoms with Crippen LogP contribution in [0.25, 0.3) is 5.57 Å². The van der Waals surface area contributed by atoms with E-state index in [1.165, 1.54) is 12.8 Å². The molecule has 130 valence electrons. The molecule has 0 aliphatic rings. The Bertz CT molecular complexity index is 610. The Morgan fingerprint density at radius 2 is 1.74 bits per heavy atom. The van der Waals surface area contributed by atoms with Crippen LogP contribution in [0, 0.1) is 31.6 Å². The number of hydrogen-bond acceptors (Lipinski definition) is 3. The highest BCUT2D eigenvalue weighted by Gasteiger charge is 2.16. The molecule has 3 atom stereocenters. The van der Waals surface area contributed by atoms with Gasteiger partial charge in [0.1, 0.15) is 11.5 Å². The lowest BCUT2D eigenvalue weighted by atomic mass is 9.87. The van der Waals surface area contributed by atoms with Gasteiger partial charge in [-0.3, -0.25) is 0 Å². The van der Waals surface area contributed by atoms with E-state index in [4.69, 9.17) is 4.42 Å². The molecule has 0 saturated heterocycles. The predicted molar refractivity (Wildman–Crippen MR) is 96.8 cm³/mol. The Morgan fingerprint density at radius 1 is 1.13 bits per heavy atom. The van der Waals surface area contributed by atoms with E-state index in [9.17, 15) is 9.90 Å². The maximum atomic E-state index is 11.8. The quantitative estimate of drug-likeness (QED) is 0.725. The predicted octanol–water partition coefficient (Wildman–Crippen LogP) is 5.46. The van der Waals surface area contributed by atoms with Crippen molar-refractivity contribution >= 4 is 5.57 Å². The summed E-state index contributed by atoms with van der Waals surface area (Å²) in [5.74, 6) is 2.38. The fourth-order valence-electron chi connectivity index (χ4n) is 3.26. The van der Waals surface area contributed by atoms with Crippen molar-refractivity contribution in [2.75, 3.05) is 0 Å². The minimum Gasteiger partial charge on any atom is -0.507 e. The zero-order chi connectivity index (χ0) is 17.7. The average molecular weight is 320 g/mol. The molecule has 0 fully saturated rings. The molecule has 0 aliphatic heterocycles. The van der Waals surface area contributed by atoms with Crippen molar-refractivity contribution in [2.24, 2.45) is 17.8 Å². The first-order valence-corrected chi connectivity index (χ1v) is 8.69. The van der Waals surface area contributed by atoms with Gasteiger partial charge in [-0.15, -0.1) is 0 Å². The molecule has 3 heteroatoms. The van der Waals surface area contributed by atoms with Crippen LogP contribution in [0.5, 0.6) is 5.75 Å². The van der Waals surface area contributed by atoms with Crippen molar-refractivity contribution in [1.29, 1.82) is 0 Å². The van der Waals surface area contributed by atoms with E-state index >= 15 is 0 Å². The molecule has 1 rings (SSSR count). The number of allylic oxidation sites excluding steroid dienone is 2. The van der Waals surface area contributed by atoms with Crippen LogP contribution >= 0.6 is 0 Å². The topological polar surface area (TPSA) is 50.4 Å². The van der Waals surface area contributed by atoms with Crippen LogP contribution in [-0.2, 0) is 0 Å². The van der Waals surface area contributed by atoms with E-state index in [0.29, 0.717) is 23.2 Å². The maximum Gasteiger partial charge on any atom is 0.342 e. The summed E-state index contributed by atoms with van der Waals surface area (Å²) in [5, 5.41) is 10.0. The fourth-order valence-corrected chi connectivity index (χ4v) is 3.26. The summed E-state index contributed by atoms with van der Waals surface area (Å²) < 4.78 is 5.39. The number of hydrogen-bond donors (Lipinski definition) is 1. The van der Waals surface area contributed by atoms with Crippen molar-refractivity contribution in [2.45, 2.75) is 67.7 Å². The third kappa shape index (κ3) is 5.26. The highest BCUT2D eigenvalue weighted by atomic mass is 16.4. The molecule has 0 aromatic carbocycles. The monoisotopic (exact) mass is 320 g/mol. The standard InChI is InChI=1S/C20H32O3/c1-8-12(2)9-13(3)10-14(4)11-15(5)19-16(6)18(21)17(7)20(22)23-19/h11-14,21H,8-10H2,1-7H3/b15-11+/t12-,13-,14-/m1/s1. The molecule has 0 radical (unpaired) electrons. The molecule has 1 aromatic heterocycles. The van der Waals surface area contributed by atoms with Gasteiger partial charge in [0, 0.05) is 5.56 Å². The van der Waals surface area contributed by atoms with Crippen molar-refractivity contribution in [3.05, 3.63) is 33.4 Å². The Morgan fingerprint density at radius 3 is 2.30 bits per heavy atom. The zero-order valence-corrected chi connectivity index (χ0v) is 15.7. The average Bonchev–Trinajstić information content (AvgIpc) is 2.47. The van der Waals surface area contributed by atoms with Gasteiger partial charge in [-0.2, -0.15) is 0 Å². The smallest absolute Gasteiger partial charge is 0.342 e. The summed E-state index contributed by atoms with van der Waals surface area (Å²) in [6.45, 7) is 14.3. The van der Waals surface area contributed by atoms with E-state index in [1.54, 1.807) is 13.8 Å². The summed E-state index contributed by atoms with van der Waals surface area (Å²) in [6.07, 6.45) is 5.73. The van der Waals surface area contributed by atoms with Crippen LogP contribution in [0.1, 0.15) is 70.8 Å². The molecular formula is C20H32O3. The van der Waals surface area contributed by atoms with Gasteiger partial charge in [-0.25, -0.2) is 4.79 Å². The van der Waals surface area contributed by atoms with Gasteiger partial charge < -0.3 is 9.52 Å². The first kappa shape index (κ1) is 19.5. The Balaban J connectivity index is 2.90. The summed E-state index contributed by atoms with van der Waals surface area (Å²) in [6, 6.07) is 0. The van der Waals surface area contributed by atoms with Crippen molar-refractivity contribution in [3.63, 3.8) is 0 Å². The number of aromatic hydroxyl groups is 1. The second-order valence-corrected chi connectivity index (χ2v) is 7.23. The third-order valence-electron chi connectivity index (χ3n) is 4.72. The molecule has 0 unspecified atom stereocenters. The summed E-state index contributed by atoms with van der Waals surface area (Å²) >= 11 is 0. The van der Waals surface area contributed by atoms with Gasteiger partial charge >= 0.3 is 5.63 Å². The molecule has 3 nitrogen and oxygen atoms in total. The van der Waals surface area contributed by atoms with Crippen molar-refractivity contribution in [3.8, 4) is 5.75 Å². The van der Waals surface area contributed by atoms with E-state index in [0.717, 1.165) is 17.9 Å². The van der Waals surface area contributed by atoms with Crippen LogP contribution in [0.3, 0.4) is 0 Å². The third-order valence-corrected chi connectivity index (χ3v) is 4.72. The van der Waals surface area contributed by atoms with Crippen LogP contribution < -0.4 is 5.63 Å². The summed E-state index contributed by atoms with van der Waals surface area (Å²) in [4.78, 5) is 11.8. The molecule has 0 amide bonds. The van der Waals surface area contributed by atoms with Crippen LogP contribution in [0.4, 0.5) is 0 Å². The fraction of sp³-hybridized carbons (Fsp3) is 0.650. The lowest BCUT2D eigenvalue weighted by Crippen LogP contribution is -2.08. The minimum absolute atomic E-state index is 0.0433. The molecule has 1 heterocycles. The van der Waals surface area contributed by atoms with Gasteiger partial charge in [0.2, 0.25) is 0 Å². The molecule has 0 aliphatic carbocycles. The van der Waals surface area contributed by atoms with Gasteiger partial charge in [0.05, 0.1) is 5.56 Å². The van der Waals surface area contributed by atoms with Crippen LogP contribution in [-0.4, -0.2) is 5.11 Å². The SMILES string of the molecule is CC[C@@H](C)C[C@@H](C)C[C@@H](C)/C=C(\C)c1oc(=O)c(C)c(O)c1C. The highest BCUT2D eigenvalue weighted by molar-refractivity contribution is 5.64. The molecule has 0 bridgehead atoms. The van der Waals surface area contributed by atoms with Crippen LogP contribution in [0.2, 0.25) is 0 Å². The summed E-state index contributed by atoms with van der Waals surface area (Å²) in [5.41, 5.74) is 1.36. The molecule has 0 spiro atoms. The molecule has 1 aromatic rings. The first-order valence-electron chi connectivity index (χ1n) is 8.69. The van der Waals surface area contributed by atoms with E-state index in [2.05, 4.69) is 33.8 Å². The maximum absolute atomic E-state index is 11.8. The van der Waals surface area contributed by atoms with Gasteiger partial charge in [0.15, 0.2) is 0 Å². The van der Waals surface area contributed by atoms with Crippen LogP contribution in [0.15, 0.2) is 15.3 Å². The first-order chi connectivity index (χ1) is 10.7. The van der Waals surface area contributed by atoms with E-state index in [-0.39, 0.29) is 11.3 Å². The Labute approximate surface area is 140 Å². The van der Waals surface area contributed by atoms with Crippen molar-refractivity contribution in [1.82, 2.24) is 0 Å². The van der Waals surface area contributed by atoms with Gasteiger partial charge in [-0.1, -0.05) is 40.2 Å². The largest absolute Gasteiger partial charge is 0.507 e. The lowest BCUT2D eigenvalue weighted by Gasteiger charge is -2.19. The normalized spacial score (nSPS) is 16.2. The van der Waals surface area contributed by atoms with Gasteiger partial charge in [-0.05, 0) is 56.9 Å². The zero-order valence-electron chi connectivity index (χ0n) is 15.7. The molecular weight excluding hydrogens is 288 g/mol. The molecule has 1 N–H and O–H groups in total. The second-order valence-electron chi connectivity index (χ2n) is 7.23. The lowest BCUT2D eigenvalue weighted by molar-refractivity contribution is 0.361. The Kier molecular flexibility index (Phi) is 7.11.